The molecule has 2 heterocycles. The summed E-state index contributed by atoms with van der Waals surface area (Å²) in [5, 5.41) is 8.75. The summed E-state index contributed by atoms with van der Waals surface area (Å²) in [4.78, 5) is 4.70. The predicted molar refractivity (Wildman–Crippen MR) is 101 cm³/mol. The smallest absolute Gasteiger partial charge is 0.257 e. The lowest BCUT2D eigenvalue weighted by molar-refractivity contribution is 0.398. The first-order chi connectivity index (χ1) is 14.2. The van der Waals surface area contributed by atoms with Crippen LogP contribution in [0.2, 0.25) is 0 Å². The van der Waals surface area contributed by atoms with Gasteiger partial charge in [-0.2, -0.15) is 10.1 Å². The second-order valence-electron chi connectivity index (χ2n) is 7.76. The summed E-state index contributed by atoms with van der Waals surface area (Å²) in [5.41, 5.74) is 2.74. The van der Waals surface area contributed by atoms with Crippen molar-refractivity contribution in [1.29, 1.82) is 0 Å². The maximum atomic E-state index is 14.4. The molecule has 0 aliphatic heterocycles. The molecule has 4 aromatic rings. The zero-order chi connectivity index (χ0) is 19.6. The summed E-state index contributed by atoms with van der Waals surface area (Å²) >= 11 is 0. The molecule has 6 rings (SSSR count). The number of hydrogen-bond acceptors (Lipinski definition) is 4. The Kier molecular flexibility index (Phi) is 3.33. The van der Waals surface area contributed by atoms with E-state index in [2.05, 4.69) is 10.3 Å². The minimum Gasteiger partial charge on any atom is -0.334 e. The molecular formula is C22H16F2N4O. The van der Waals surface area contributed by atoms with E-state index in [0.29, 0.717) is 11.7 Å². The molecule has 0 radical (unpaired) electrons. The van der Waals surface area contributed by atoms with E-state index < -0.39 is 11.6 Å². The largest absolute Gasteiger partial charge is 0.334 e. The lowest BCUT2D eigenvalue weighted by Gasteiger charge is -2.22. The van der Waals surface area contributed by atoms with Gasteiger partial charge >= 0.3 is 0 Å². The molecular weight excluding hydrogens is 374 g/mol. The topological polar surface area (TPSA) is 56.7 Å². The van der Waals surface area contributed by atoms with Gasteiger partial charge in [-0.1, -0.05) is 23.4 Å². The molecule has 0 N–H and O–H groups in total. The minimum atomic E-state index is -0.626. The van der Waals surface area contributed by atoms with Crippen molar-refractivity contribution in [2.75, 3.05) is 0 Å². The van der Waals surface area contributed by atoms with Crippen molar-refractivity contribution in [3.8, 4) is 17.1 Å². The third-order valence-electron chi connectivity index (χ3n) is 6.24. The van der Waals surface area contributed by atoms with Gasteiger partial charge in [-0.05, 0) is 43.5 Å². The van der Waals surface area contributed by atoms with E-state index in [4.69, 9.17) is 9.51 Å². The van der Waals surface area contributed by atoms with Crippen LogP contribution in [0.15, 0.2) is 59.3 Å². The summed E-state index contributed by atoms with van der Waals surface area (Å²) in [7, 11) is 0. The molecule has 29 heavy (non-hydrogen) atoms. The molecule has 2 atom stereocenters. The second kappa shape index (κ2) is 5.83. The van der Waals surface area contributed by atoms with Crippen LogP contribution in [0.5, 0.6) is 0 Å². The summed E-state index contributed by atoms with van der Waals surface area (Å²) in [6, 6.07) is 13.2. The molecule has 144 valence electrons. The molecule has 0 saturated heterocycles. The number of hydrogen-bond donors (Lipinski definition) is 0. The average Bonchev–Trinajstić information content (AvgIpc) is 3.49. The fourth-order valence-electron chi connectivity index (χ4n) is 4.93. The summed E-state index contributed by atoms with van der Waals surface area (Å²) < 4.78 is 34.9. The van der Waals surface area contributed by atoms with Crippen molar-refractivity contribution in [2.24, 2.45) is 0 Å². The Labute approximate surface area is 165 Å². The lowest BCUT2D eigenvalue weighted by atomic mass is 9.81. The van der Waals surface area contributed by atoms with E-state index in [9.17, 15) is 8.78 Å². The molecule has 1 fully saturated rings. The second-order valence-corrected chi connectivity index (χ2v) is 7.76. The van der Waals surface area contributed by atoms with Crippen LogP contribution in [0, 0.1) is 11.6 Å². The van der Waals surface area contributed by atoms with Crippen LogP contribution in [-0.4, -0.2) is 19.9 Å². The van der Waals surface area contributed by atoms with Crippen LogP contribution < -0.4 is 0 Å². The molecule has 2 bridgehead atoms. The van der Waals surface area contributed by atoms with Crippen LogP contribution in [0.25, 0.3) is 17.1 Å². The van der Waals surface area contributed by atoms with E-state index in [1.165, 1.54) is 12.1 Å². The molecule has 7 heteroatoms. The number of fused-ring (bicyclic) bond motifs is 5. The summed E-state index contributed by atoms with van der Waals surface area (Å²) in [6.07, 6.45) is 4.46. The fourth-order valence-corrected chi connectivity index (χ4v) is 4.93. The van der Waals surface area contributed by atoms with Crippen LogP contribution in [0.4, 0.5) is 8.78 Å². The van der Waals surface area contributed by atoms with Crippen molar-refractivity contribution < 1.29 is 13.3 Å². The Bertz CT molecular complexity index is 1230. The van der Waals surface area contributed by atoms with Crippen LogP contribution in [0.1, 0.15) is 42.3 Å². The molecule has 5 nitrogen and oxygen atoms in total. The minimum absolute atomic E-state index is 0.232. The Hall–Kier alpha value is -3.35. The van der Waals surface area contributed by atoms with Crippen molar-refractivity contribution in [1.82, 2.24) is 19.9 Å². The van der Waals surface area contributed by atoms with Gasteiger partial charge in [0.05, 0.1) is 17.3 Å². The molecule has 2 aromatic heterocycles. The average molecular weight is 390 g/mol. The van der Waals surface area contributed by atoms with E-state index in [0.717, 1.165) is 42.1 Å². The Morgan fingerprint density at radius 1 is 1.10 bits per heavy atom. The fraction of sp³-hybridized carbons (Fsp3) is 0.227. The SMILES string of the molecule is Fc1ccc(-n2ncc3c2C2CCC3(c3noc(-c4ccccc4)n3)C2)c(F)c1. The maximum absolute atomic E-state index is 14.4. The monoisotopic (exact) mass is 390 g/mol. The van der Waals surface area contributed by atoms with Gasteiger partial charge in [0.15, 0.2) is 11.6 Å². The van der Waals surface area contributed by atoms with Gasteiger partial charge in [0.25, 0.3) is 5.89 Å². The highest BCUT2D eigenvalue weighted by molar-refractivity contribution is 5.54. The Morgan fingerprint density at radius 2 is 1.97 bits per heavy atom. The quantitative estimate of drug-likeness (QED) is 0.506. The zero-order valence-corrected chi connectivity index (χ0v) is 15.3. The van der Waals surface area contributed by atoms with Gasteiger partial charge in [-0.15, -0.1) is 0 Å². The van der Waals surface area contributed by atoms with E-state index in [-0.39, 0.29) is 17.0 Å². The molecule has 2 aliphatic carbocycles. The molecule has 0 amide bonds. The highest BCUT2D eigenvalue weighted by Gasteiger charge is 2.55. The van der Waals surface area contributed by atoms with Gasteiger partial charge in [-0.25, -0.2) is 13.5 Å². The van der Waals surface area contributed by atoms with Crippen molar-refractivity contribution in [3.05, 3.63) is 83.4 Å². The van der Waals surface area contributed by atoms with Crippen LogP contribution >= 0.6 is 0 Å². The Balaban J connectivity index is 1.45. The third kappa shape index (κ3) is 2.27. The zero-order valence-electron chi connectivity index (χ0n) is 15.3. The van der Waals surface area contributed by atoms with E-state index in [1.807, 2.05) is 30.3 Å². The van der Waals surface area contributed by atoms with Gasteiger partial charge in [0.2, 0.25) is 0 Å². The van der Waals surface area contributed by atoms with Crippen molar-refractivity contribution in [3.63, 3.8) is 0 Å². The molecule has 2 unspecified atom stereocenters. The van der Waals surface area contributed by atoms with Gasteiger partial charge in [-0.3, -0.25) is 0 Å². The van der Waals surface area contributed by atoms with Gasteiger partial charge in [0.1, 0.15) is 11.5 Å². The van der Waals surface area contributed by atoms with E-state index >= 15 is 0 Å². The highest BCUT2D eigenvalue weighted by atomic mass is 19.1. The van der Waals surface area contributed by atoms with Crippen molar-refractivity contribution in [2.45, 2.75) is 30.6 Å². The van der Waals surface area contributed by atoms with Crippen molar-refractivity contribution >= 4 is 0 Å². The molecule has 2 aliphatic rings. The summed E-state index contributed by atoms with van der Waals surface area (Å²) in [6.45, 7) is 0. The number of rotatable bonds is 3. The predicted octanol–water partition coefficient (Wildman–Crippen LogP) is 4.77. The van der Waals surface area contributed by atoms with Gasteiger partial charge in [0, 0.05) is 23.1 Å². The number of nitrogens with zero attached hydrogens (tertiary/aromatic N) is 4. The lowest BCUT2D eigenvalue weighted by Crippen LogP contribution is -2.24. The number of aromatic nitrogens is 4. The standard InChI is InChI=1S/C22H16F2N4O/c23-15-6-7-18(17(24)10-15)28-19-14-8-9-22(11-14,16(19)12-25-28)21-26-20(29-27-21)13-4-2-1-3-5-13/h1-7,10,12,14H,8-9,11H2. The van der Waals surface area contributed by atoms with Gasteiger partial charge < -0.3 is 4.52 Å². The Morgan fingerprint density at radius 3 is 2.79 bits per heavy atom. The first-order valence-corrected chi connectivity index (χ1v) is 9.59. The molecule has 0 spiro atoms. The van der Waals surface area contributed by atoms with E-state index in [1.54, 1.807) is 10.9 Å². The number of benzene rings is 2. The summed E-state index contributed by atoms with van der Waals surface area (Å²) in [5.74, 6) is 0.142. The number of halogens is 2. The first kappa shape index (κ1) is 16.6. The first-order valence-electron chi connectivity index (χ1n) is 9.59. The molecule has 1 saturated carbocycles. The maximum Gasteiger partial charge on any atom is 0.257 e. The highest BCUT2D eigenvalue weighted by Crippen LogP contribution is 2.59. The third-order valence-corrected chi connectivity index (χ3v) is 6.24. The molecule has 2 aromatic carbocycles. The van der Waals surface area contributed by atoms with Crippen LogP contribution in [-0.2, 0) is 5.41 Å². The normalized spacial score (nSPS) is 22.2. The van der Waals surface area contributed by atoms with Crippen LogP contribution in [0.3, 0.4) is 0 Å².